The minimum absolute atomic E-state index is 0.509. The maximum Gasteiger partial charge on any atom is 0.255 e. The molecule has 3 nitrogen and oxygen atoms in total. The van der Waals surface area contributed by atoms with Crippen molar-refractivity contribution in [2.75, 3.05) is 0 Å². The van der Waals surface area contributed by atoms with E-state index >= 15 is 0 Å². The fourth-order valence-electron chi connectivity index (χ4n) is 0.919. The summed E-state index contributed by atoms with van der Waals surface area (Å²) in [5.41, 5.74) is 1.10. The van der Waals surface area contributed by atoms with Crippen molar-refractivity contribution in [3.05, 3.63) is 41.5 Å². The van der Waals surface area contributed by atoms with E-state index in [0.717, 1.165) is 11.3 Å². The van der Waals surface area contributed by atoms with Gasteiger partial charge in [-0.3, -0.25) is 0 Å². The Balaban J connectivity index is 1.95. The predicted molar refractivity (Wildman–Crippen MR) is 55.3 cm³/mol. The van der Waals surface area contributed by atoms with Crippen LogP contribution in [-0.4, -0.2) is 9.97 Å². The van der Waals surface area contributed by atoms with Crippen LogP contribution in [0.4, 0.5) is 0 Å². The van der Waals surface area contributed by atoms with Gasteiger partial charge in [0.1, 0.15) is 11.4 Å². The standard InChI is InChI=1S/C9H7ClN2OS/c10-8-2-1-7(5-12-8)6-14-9-11-3-4-13-9/h1-5H,6H2. The predicted octanol–water partition coefficient (Wildman–Crippen LogP) is 3.02. The summed E-state index contributed by atoms with van der Waals surface area (Å²) in [5, 5.41) is 1.18. The second kappa shape index (κ2) is 4.48. The van der Waals surface area contributed by atoms with Crippen molar-refractivity contribution in [1.29, 1.82) is 0 Å². The van der Waals surface area contributed by atoms with Crippen LogP contribution in [0.15, 0.2) is 40.4 Å². The molecule has 2 aromatic rings. The first-order valence-electron chi connectivity index (χ1n) is 3.97. The lowest BCUT2D eigenvalue weighted by Gasteiger charge is -1.97. The molecule has 0 radical (unpaired) electrons. The second-order valence-corrected chi connectivity index (χ2v) is 3.89. The van der Waals surface area contributed by atoms with Crippen molar-refractivity contribution >= 4 is 23.4 Å². The van der Waals surface area contributed by atoms with E-state index < -0.39 is 0 Å². The Hall–Kier alpha value is -1.00. The van der Waals surface area contributed by atoms with Gasteiger partial charge in [-0.05, 0) is 11.6 Å². The molecule has 0 aliphatic carbocycles. The average molecular weight is 227 g/mol. The smallest absolute Gasteiger partial charge is 0.255 e. The number of thioether (sulfide) groups is 1. The second-order valence-electron chi connectivity index (χ2n) is 2.58. The number of pyridine rings is 1. The Labute approximate surface area is 90.5 Å². The van der Waals surface area contributed by atoms with Crippen LogP contribution in [0.5, 0.6) is 0 Å². The van der Waals surface area contributed by atoms with E-state index in [9.17, 15) is 0 Å². The van der Waals surface area contributed by atoms with Crippen LogP contribution in [0.2, 0.25) is 5.15 Å². The van der Waals surface area contributed by atoms with Gasteiger partial charge >= 0.3 is 0 Å². The molecule has 0 aliphatic rings. The molecule has 0 N–H and O–H groups in total. The number of aromatic nitrogens is 2. The number of oxazole rings is 1. The number of hydrogen-bond donors (Lipinski definition) is 0. The molecule has 2 aromatic heterocycles. The first-order valence-corrected chi connectivity index (χ1v) is 5.34. The van der Waals surface area contributed by atoms with E-state index in [-0.39, 0.29) is 0 Å². The van der Waals surface area contributed by atoms with Crippen molar-refractivity contribution in [1.82, 2.24) is 9.97 Å². The van der Waals surface area contributed by atoms with Crippen LogP contribution in [0.3, 0.4) is 0 Å². The van der Waals surface area contributed by atoms with E-state index in [0.29, 0.717) is 10.4 Å². The van der Waals surface area contributed by atoms with Crippen molar-refractivity contribution < 1.29 is 4.42 Å². The highest BCUT2D eigenvalue weighted by atomic mass is 35.5. The van der Waals surface area contributed by atoms with E-state index in [4.69, 9.17) is 16.0 Å². The molecule has 0 saturated heterocycles. The molecule has 0 saturated carbocycles. The fraction of sp³-hybridized carbons (Fsp3) is 0.111. The van der Waals surface area contributed by atoms with Crippen molar-refractivity contribution in [2.45, 2.75) is 11.0 Å². The van der Waals surface area contributed by atoms with Crippen LogP contribution < -0.4 is 0 Å². The molecule has 0 atom stereocenters. The van der Waals surface area contributed by atoms with Crippen LogP contribution in [0.25, 0.3) is 0 Å². The lowest BCUT2D eigenvalue weighted by Crippen LogP contribution is -1.82. The average Bonchev–Trinajstić information content (AvgIpc) is 2.70. The van der Waals surface area contributed by atoms with Crippen LogP contribution >= 0.6 is 23.4 Å². The van der Waals surface area contributed by atoms with Gasteiger partial charge in [0.05, 0.1) is 6.20 Å². The van der Waals surface area contributed by atoms with Crippen molar-refractivity contribution in [3.8, 4) is 0 Å². The Morgan fingerprint density at radius 1 is 1.36 bits per heavy atom. The molecule has 0 amide bonds. The summed E-state index contributed by atoms with van der Waals surface area (Å²) in [5.74, 6) is 0.782. The van der Waals surface area contributed by atoms with Gasteiger partial charge in [0.25, 0.3) is 5.22 Å². The van der Waals surface area contributed by atoms with Gasteiger partial charge < -0.3 is 4.42 Å². The number of nitrogens with zero attached hydrogens (tertiary/aromatic N) is 2. The van der Waals surface area contributed by atoms with Gasteiger partial charge in [-0.2, -0.15) is 0 Å². The van der Waals surface area contributed by atoms with Gasteiger partial charge in [-0.1, -0.05) is 29.4 Å². The van der Waals surface area contributed by atoms with Gasteiger partial charge in [0, 0.05) is 11.9 Å². The maximum atomic E-state index is 5.66. The highest BCUT2D eigenvalue weighted by Gasteiger charge is 1.99. The fourth-order valence-corrected chi connectivity index (χ4v) is 1.75. The van der Waals surface area contributed by atoms with E-state index in [2.05, 4.69) is 9.97 Å². The molecule has 5 heteroatoms. The first-order chi connectivity index (χ1) is 6.84. The summed E-state index contributed by atoms with van der Waals surface area (Å²) in [6.45, 7) is 0. The number of hydrogen-bond acceptors (Lipinski definition) is 4. The Morgan fingerprint density at radius 2 is 2.29 bits per heavy atom. The molecule has 0 unspecified atom stereocenters. The zero-order chi connectivity index (χ0) is 9.80. The Morgan fingerprint density at radius 3 is 2.93 bits per heavy atom. The lowest BCUT2D eigenvalue weighted by molar-refractivity contribution is 0.454. The van der Waals surface area contributed by atoms with E-state index in [1.807, 2.05) is 6.07 Å². The van der Waals surface area contributed by atoms with E-state index in [1.54, 1.807) is 24.7 Å². The molecule has 2 heterocycles. The largest absolute Gasteiger partial charge is 0.440 e. The minimum atomic E-state index is 0.509. The molecule has 0 aromatic carbocycles. The molecular weight excluding hydrogens is 220 g/mol. The molecule has 0 fully saturated rings. The SMILES string of the molecule is Clc1ccc(CSc2ncco2)cn1. The molecule has 0 bridgehead atoms. The third-order valence-electron chi connectivity index (χ3n) is 1.56. The molecular formula is C9H7ClN2OS. The third kappa shape index (κ3) is 2.49. The van der Waals surface area contributed by atoms with E-state index in [1.165, 1.54) is 11.8 Å². The summed E-state index contributed by atoms with van der Waals surface area (Å²) >= 11 is 7.19. The number of halogens is 1. The van der Waals surface area contributed by atoms with Crippen LogP contribution in [-0.2, 0) is 5.75 Å². The van der Waals surface area contributed by atoms with Gasteiger partial charge in [0.2, 0.25) is 0 Å². The summed E-state index contributed by atoms with van der Waals surface area (Å²) in [6, 6.07) is 3.71. The third-order valence-corrected chi connectivity index (χ3v) is 2.71. The van der Waals surface area contributed by atoms with Crippen molar-refractivity contribution in [2.24, 2.45) is 0 Å². The zero-order valence-electron chi connectivity index (χ0n) is 7.18. The van der Waals surface area contributed by atoms with Gasteiger partial charge in [0.15, 0.2) is 0 Å². The monoisotopic (exact) mass is 226 g/mol. The quantitative estimate of drug-likeness (QED) is 0.596. The summed E-state index contributed by atoms with van der Waals surface area (Å²) in [4.78, 5) is 7.98. The maximum absolute atomic E-state index is 5.66. The normalized spacial score (nSPS) is 10.4. The Bertz CT molecular complexity index is 388. The lowest BCUT2D eigenvalue weighted by atomic mass is 10.3. The molecule has 0 spiro atoms. The van der Waals surface area contributed by atoms with Crippen LogP contribution in [0.1, 0.15) is 5.56 Å². The highest BCUT2D eigenvalue weighted by Crippen LogP contribution is 2.20. The Kier molecular flexibility index (Phi) is 3.06. The number of rotatable bonds is 3. The molecule has 14 heavy (non-hydrogen) atoms. The van der Waals surface area contributed by atoms with Gasteiger partial charge in [-0.15, -0.1) is 0 Å². The summed E-state index contributed by atoms with van der Waals surface area (Å²) < 4.78 is 5.08. The highest BCUT2D eigenvalue weighted by molar-refractivity contribution is 7.98. The summed E-state index contributed by atoms with van der Waals surface area (Å²) in [6.07, 6.45) is 4.93. The van der Waals surface area contributed by atoms with Gasteiger partial charge in [-0.25, -0.2) is 9.97 Å². The summed E-state index contributed by atoms with van der Waals surface area (Å²) in [7, 11) is 0. The first kappa shape index (κ1) is 9.55. The molecule has 2 rings (SSSR count). The zero-order valence-corrected chi connectivity index (χ0v) is 8.76. The minimum Gasteiger partial charge on any atom is -0.440 e. The molecule has 72 valence electrons. The van der Waals surface area contributed by atoms with Crippen molar-refractivity contribution in [3.63, 3.8) is 0 Å². The van der Waals surface area contributed by atoms with Crippen LogP contribution in [0, 0.1) is 0 Å². The molecule has 0 aliphatic heterocycles. The topological polar surface area (TPSA) is 38.9 Å².